The van der Waals surface area contributed by atoms with Crippen molar-refractivity contribution in [3.8, 4) is 0 Å². The van der Waals surface area contributed by atoms with Crippen LogP contribution in [0.4, 0.5) is 5.69 Å². The Labute approximate surface area is 126 Å². The Balaban J connectivity index is 1.82. The quantitative estimate of drug-likeness (QED) is 0.891. The minimum Gasteiger partial charge on any atom is -0.385 e. The van der Waals surface area contributed by atoms with Gasteiger partial charge >= 0.3 is 0 Å². The van der Waals surface area contributed by atoms with Gasteiger partial charge in [-0.3, -0.25) is 0 Å². The number of benzene rings is 1. The molecular weight excluding hydrogens is 288 g/mol. The second-order valence-corrected chi connectivity index (χ2v) is 7.48. The van der Waals surface area contributed by atoms with Gasteiger partial charge in [-0.2, -0.15) is 0 Å². The lowest BCUT2D eigenvalue weighted by Gasteiger charge is -2.22. The van der Waals surface area contributed by atoms with Crippen molar-refractivity contribution in [2.24, 2.45) is 0 Å². The van der Waals surface area contributed by atoms with Crippen LogP contribution in [0.2, 0.25) is 0 Å². The van der Waals surface area contributed by atoms with Gasteiger partial charge in [-0.05, 0) is 49.8 Å². The fourth-order valence-corrected chi connectivity index (χ4v) is 4.85. The molecule has 0 radical (unpaired) electrons. The molecule has 1 aliphatic heterocycles. The molecule has 1 heterocycles. The van der Waals surface area contributed by atoms with Gasteiger partial charge in [0, 0.05) is 25.4 Å². The van der Waals surface area contributed by atoms with Crippen molar-refractivity contribution in [3.63, 3.8) is 0 Å². The summed E-state index contributed by atoms with van der Waals surface area (Å²) in [6.45, 7) is 0.905. The van der Waals surface area contributed by atoms with E-state index in [4.69, 9.17) is 4.74 Å². The van der Waals surface area contributed by atoms with Crippen LogP contribution in [0.3, 0.4) is 0 Å². The molecule has 3 rings (SSSR count). The monoisotopic (exact) mass is 310 g/mol. The molecule has 0 spiro atoms. The van der Waals surface area contributed by atoms with Crippen LogP contribution >= 0.6 is 0 Å². The number of anilines is 1. The maximum Gasteiger partial charge on any atom is 0.241 e. The van der Waals surface area contributed by atoms with E-state index in [0.29, 0.717) is 4.90 Å². The molecule has 0 bridgehead atoms. The largest absolute Gasteiger partial charge is 0.385 e. The van der Waals surface area contributed by atoms with Gasteiger partial charge in [0.2, 0.25) is 10.0 Å². The van der Waals surface area contributed by atoms with E-state index in [1.54, 1.807) is 19.2 Å². The number of rotatable bonds is 4. The van der Waals surface area contributed by atoms with Crippen molar-refractivity contribution < 1.29 is 13.2 Å². The van der Waals surface area contributed by atoms with Gasteiger partial charge in [-0.15, -0.1) is 0 Å². The van der Waals surface area contributed by atoms with Crippen molar-refractivity contribution in [1.29, 1.82) is 0 Å². The predicted octanol–water partition coefficient (Wildman–Crippen LogP) is 1.89. The molecule has 21 heavy (non-hydrogen) atoms. The summed E-state index contributed by atoms with van der Waals surface area (Å²) in [5, 5.41) is 3.27. The highest BCUT2D eigenvalue weighted by atomic mass is 32.2. The highest BCUT2D eigenvalue weighted by Crippen LogP contribution is 2.29. The first-order valence-electron chi connectivity index (χ1n) is 7.51. The molecule has 0 amide bonds. The average Bonchev–Trinajstić information content (AvgIpc) is 2.93. The van der Waals surface area contributed by atoms with Gasteiger partial charge in [0.1, 0.15) is 0 Å². The first-order chi connectivity index (χ1) is 10.1. The van der Waals surface area contributed by atoms with Crippen LogP contribution in [-0.4, -0.2) is 34.2 Å². The lowest BCUT2D eigenvalue weighted by molar-refractivity contribution is 0.107. The molecule has 2 N–H and O–H groups in total. The predicted molar refractivity (Wildman–Crippen MR) is 82.0 cm³/mol. The van der Waals surface area contributed by atoms with Crippen LogP contribution in [0.15, 0.2) is 23.1 Å². The number of methoxy groups -OCH3 is 1. The third-order valence-corrected chi connectivity index (χ3v) is 5.99. The number of hydrogen-bond acceptors (Lipinski definition) is 4. The lowest BCUT2D eigenvalue weighted by atomic mass is 10.0. The molecule has 1 aliphatic carbocycles. The van der Waals surface area contributed by atoms with Crippen molar-refractivity contribution in [1.82, 2.24) is 4.72 Å². The second kappa shape index (κ2) is 5.94. The van der Waals surface area contributed by atoms with Gasteiger partial charge in [-0.25, -0.2) is 13.1 Å². The van der Waals surface area contributed by atoms with Crippen LogP contribution in [0.1, 0.15) is 31.2 Å². The summed E-state index contributed by atoms with van der Waals surface area (Å²) in [4.78, 5) is 0.424. The Morgan fingerprint density at radius 3 is 2.95 bits per heavy atom. The maximum atomic E-state index is 12.7. The number of sulfonamides is 1. The van der Waals surface area contributed by atoms with Crippen molar-refractivity contribution in [2.45, 2.75) is 49.1 Å². The van der Waals surface area contributed by atoms with Gasteiger partial charge in [-0.1, -0.05) is 6.07 Å². The van der Waals surface area contributed by atoms with E-state index in [-0.39, 0.29) is 12.1 Å². The van der Waals surface area contributed by atoms with Crippen molar-refractivity contribution >= 4 is 15.7 Å². The third kappa shape index (κ3) is 3.07. The van der Waals surface area contributed by atoms with Crippen molar-refractivity contribution in [3.05, 3.63) is 23.8 Å². The summed E-state index contributed by atoms with van der Waals surface area (Å²) in [5.41, 5.74) is 1.86. The molecule has 2 atom stereocenters. The van der Waals surface area contributed by atoms with E-state index in [9.17, 15) is 8.42 Å². The molecule has 5 nitrogen and oxygen atoms in total. The van der Waals surface area contributed by atoms with Crippen LogP contribution in [0.25, 0.3) is 0 Å². The highest BCUT2D eigenvalue weighted by molar-refractivity contribution is 7.89. The van der Waals surface area contributed by atoms with Gasteiger partial charge in [0.05, 0.1) is 11.0 Å². The van der Waals surface area contributed by atoms with Crippen LogP contribution in [0.5, 0.6) is 0 Å². The molecule has 1 aromatic rings. The molecular formula is C15H22N2O3S. The summed E-state index contributed by atoms with van der Waals surface area (Å²) in [5.74, 6) is 0. The maximum absolute atomic E-state index is 12.7. The SMILES string of the molecule is COC1CCC(NS(=O)(=O)c2cccc3c2CCCN3)C1. The van der Waals surface area contributed by atoms with Crippen LogP contribution < -0.4 is 10.0 Å². The lowest BCUT2D eigenvalue weighted by Crippen LogP contribution is -2.34. The topological polar surface area (TPSA) is 67.4 Å². The number of hydrogen-bond donors (Lipinski definition) is 2. The van der Waals surface area contributed by atoms with E-state index in [0.717, 1.165) is 49.9 Å². The fourth-order valence-electron chi connectivity index (χ4n) is 3.27. The summed E-state index contributed by atoms with van der Waals surface area (Å²) >= 11 is 0. The smallest absolute Gasteiger partial charge is 0.241 e. The Morgan fingerprint density at radius 1 is 1.33 bits per heavy atom. The average molecular weight is 310 g/mol. The fraction of sp³-hybridized carbons (Fsp3) is 0.600. The molecule has 1 aromatic carbocycles. The first-order valence-corrected chi connectivity index (χ1v) is 8.99. The Kier molecular flexibility index (Phi) is 4.19. The molecule has 2 aliphatic rings. The Morgan fingerprint density at radius 2 is 2.19 bits per heavy atom. The van der Waals surface area contributed by atoms with Gasteiger partial charge in [0.25, 0.3) is 0 Å². The Bertz CT molecular complexity index is 615. The zero-order chi connectivity index (χ0) is 14.9. The van der Waals surface area contributed by atoms with E-state index in [2.05, 4.69) is 10.0 Å². The number of ether oxygens (including phenoxy) is 1. The molecule has 6 heteroatoms. The van der Waals surface area contributed by atoms with Crippen LogP contribution in [-0.2, 0) is 21.2 Å². The van der Waals surface area contributed by atoms with E-state index in [1.807, 2.05) is 6.07 Å². The summed E-state index contributed by atoms with van der Waals surface area (Å²) < 4.78 is 33.5. The standard InChI is InChI=1S/C15H22N2O3S/c1-20-12-8-7-11(10-12)17-21(18,19)15-6-2-5-14-13(15)4-3-9-16-14/h2,5-6,11-12,16-17H,3-4,7-10H2,1H3. The third-order valence-electron chi connectivity index (χ3n) is 4.38. The molecule has 0 aromatic heterocycles. The highest BCUT2D eigenvalue weighted by Gasteiger charge is 2.30. The molecule has 2 unspecified atom stereocenters. The molecule has 0 saturated heterocycles. The van der Waals surface area contributed by atoms with Gasteiger partial charge in [0.15, 0.2) is 0 Å². The minimum atomic E-state index is -3.46. The zero-order valence-electron chi connectivity index (χ0n) is 12.3. The zero-order valence-corrected chi connectivity index (χ0v) is 13.1. The summed E-state index contributed by atoms with van der Waals surface area (Å²) in [7, 11) is -1.78. The minimum absolute atomic E-state index is 0.0210. The molecule has 116 valence electrons. The second-order valence-electron chi connectivity index (χ2n) is 5.80. The number of fused-ring (bicyclic) bond motifs is 1. The molecule has 1 saturated carbocycles. The summed E-state index contributed by atoms with van der Waals surface area (Å²) in [6, 6.07) is 5.44. The summed E-state index contributed by atoms with van der Waals surface area (Å²) in [6.07, 6.45) is 4.45. The van der Waals surface area contributed by atoms with Crippen LogP contribution in [0, 0.1) is 0 Å². The Hall–Kier alpha value is -1.11. The molecule has 1 fully saturated rings. The van der Waals surface area contributed by atoms with E-state index >= 15 is 0 Å². The first kappa shape index (κ1) is 14.8. The van der Waals surface area contributed by atoms with Crippen molar-refractivity contribution in [2.75, 3.05) is 19.0 Å². The van der Waals surface area contributed by atoms with E-state index in [1.165, 1.54) is 0 Å². The normalized spacial score (nSPS) is 25.4. The van der Waals surface area contributed by atoms with Gasteiger partial charge < -0.3 is 10.1 Å². The van der Waals surface area contributed by atoms with E-state index < -0.39 is 10.0 Å². The number of nitrogens with one attached hydrogen (secondary N) is 2.